The van der Waals surface area contributed by atoms with Crippen molar-refractivity contribution in [3.05, 3.63) is 11.7 Å². The summed E-state index contributed by atoms with van der Waals surface area (Å²) in [6.07, 6.45) is 5.15. The molecule has 0 amide bonds. The van der Waals surface area contributed by atoms with Crippen molar-refractivity contribution in [2.24, 2.45) is 5.92 Å². The first-order valence-electron chi connectivity index (χ1n) is 7.29. The van der Waals surface area contributed by atoms with Gasteiger partial charge < -0.3 is 14.4 Å². The third-order valence-corrected chi connectivity index (χ3v) is 4.51. The maximum absolute atomic E-state index is 11.0. The number of aliphatic carboxylic acids is 1. The van der Waals surface area contributed by atoms with Crippen LogP contribution in [0.4, 0.5) is 0 Å². The lowest BCUT2D eigenvalue weighted by Gasteiger charge is -2.30. The predicted molar refractivity (Wildman–Crippen MR) is 69.2 cm³/mol. The summed E-state index contributed by atoms with van der Waals surface area (Å²) in [6, 6.07) is 0. The number of carboxylic acids is 1. The fraction of sp³-hybridized carbons (Fsp3) is 0.786. The number of carboxylic acid groups (broad SMARTS) is 1. The molecule has 6 nitrogen and oxygen atoms in total. The Balaban J connectivity index is 1.72. The number of carbonyl (C=O) groups is 1. The number of hydrogen-bond acceptors (Lipinski definition) is 5. The topological polar surface area (TPSA) is 85.5 Å². The van der Waals surface area contributed by atoms with Crippen molar-refractivity contribution in [3.63, 3.8) is 0 Å². The standard InChI is InChI=1S/C14H20N2O4/c1-14(6-2-3-7-19-14)13-15-11(20-16-13)9-4-5-10(8-9)12(17)18/h9-10H,2-8H2,1H3,(H,17,18). The average molecular weight is 280 g/mol. The highest BCUT2D eigenvalue weighted by Crippen LogP contribution is 2.39. The van der Waals surface area contributed by atoms with Gasteiger partial charge in [-0.1, -0.05) is 5.16 Å². The Hall–Kier alpha value is -1.43. The molecule has 6 heteroatoms. The predicted octanol–water partition coefficient (Wildman–Crippen LogP) is 2.45. The molecule has 3 unspecified atom stereocenters. The molecule has 3 atom stereocenters. The van der Waals surface area contributed by atoms with E-state index in [1.54, 1.807) is 0 Å². The highest BCUT2D eigenvalue weighted by molar-refractivity contribution is 5.70. The average Bonchev–Trinajstić information content (AvgIpc) is 3.09. The van der Waals surface area contributed by atoms with Crippen molar-refractivity contribution < 1.29 is 19.2 Å². The zero-order valence-electron chi connectivity index (χ0n) is 11.7. The Morgan fingerprint density at radius 3 is 2.90 bits per heavy atom. The van der Waals surface area contributed by atoms with Crippen LogP contribution in [-0.2, 0) is 15.1 Å². The number of ether oxygens (including phenoxy) is 1. The Kier molecular flexibility index (Phi) is 3.50. The molecule has 2 aliphatic rings. The number of nitrogens with zero attached hydrogens (tertiary/aromatic N) is 2. The van der Waals surface area contributed by atoms with Gasteiger partial charge in [0.1, 0.15) is 5.60 Å². The lowest BCUT2D eigenvalue weighted by Crippen LogP contribution is -2.31. The van der Waals surface area contributed by atoms with Crippen LogP contribution in [0, 0.1) is 5.92 Å². The second kappa shape index (κ2) is 5.16. The van der Waals surface area contributed by atoms with E-state index in [1.165, 1.54) is 0 Å². The van der Waals surface area contributed by atoms with Crippen LogP contribution >= 0.6 is 0 Å². The van der Waals surface area contributed by atoms with Gasteiger partial charge in [0, 0.05) is 12.5 Å². The SMILES string of the molecule is CC1(c2noc(C3CCC(C(=O)O)C3)n2)CCCCO1. The van der Waals surface area contributed by atoms with E-state index in [9.17, 15) is 4.79 Å². The Morgan fingerprint density at radius 1 is 1.40 bits per heavy atom. The molecular formula is C14H20N2O4. The molecule has 1 saturated heterocycles. The first-order chi connectivity index (χ1) is 9.58. The molecule has 1 aromatic rings. The molecule has 110 valence electrons. The zero-order chi connectivity index (χ0) is 14.2. The maximum atomic E-state index is 11.0. The fourth-order valence-electron chi connectivity index (χ4n) is 3.16. The molecule has 0 aromatic carbocycles. The normalized spacial score (nSPS) is 34.2. The van der Waals surface area contributed by atoms with E-state index in [4.69, 9.17) is 14.4 Å². The molecule has 2 heterocycles. The van der Waals surface area contributed by atoms with E-state index in [2.05, 4.69) is 10.1 Å². The molecule has 1 N–H and O–H groups in total. The van der Waals surface area contributed by atoms with Gasteiger partial charge in [0.2, 0.25) is 11.7 Å². The molecule has 0 radical (unpaired) electrons. The van der Waals surface area contributed by atoms with Gasteiger partial charge in [-0.3, -0.25) is 4.79 Å². The third-order valence-electron chi connectivity index (χ3n) is 4.51. The van der Waals surface area contributed by atoms with E-state index in [0.717, 1.165) is 32.3 Å². The first kappa shape index (κ1) is 13.5. The van der Waals surface area contributed by atoms with E-state index in [1.807, 2.05) is 6.92 Å². The molecule has 1 saturated carbocycles. The molecule has 3 rings (SSSR count). The van der Waals surface area contributed by atoms with Crippen LogP contribution in [0.5, 0.6) is 0 Å². The minimum Gasteiger partial charge on any atom is -0.481 e. The summed E-state index contributed by atoms with van der Waals surface area (Å²) in [7, 11) is 0. The van der Waals surface area contributed by atoms with Crippen molar-refractivity contribution in [1.82, 2.24) is 10.1 Å². The summed E-state index contributed by atoms with van der Waals surface area (Å²) >= 11 is 0. The van der Waals surface area contributed by atoms with E-state index < -0.39 is 11.6 Å². The number of rotatable bonds is 3. The second-order valence-corrected chi connectivity index (χ2v) is 6.04. The maximum Gasteiger partial charge on any atom is 0.306 e. The second-order valence-electron chi connectivity index (χ2n) is 6.04. The van der Waals surface area contributed by atoms with Gasteiger partial charge in [-0.25, -0.2) is 0 Å². The summed E-state index contributed by atoms with van der Waals surface area (Å²) in [5.41, 5.74) is -0.454. The largest absolute Gasteiger partial charge is 0.481 e. The first-order valence-corrected chi connectivity index (χ1v) is 7.29. The Morgan fingerprint density at radius 2 is 2.25 bits per heavy atom. The molecule has 2 fully saturated rings. The van der Waals surface area contributed by atoms with Crippen LogP contribution in [0.3, 0.4) is 0 Å². The van der Waals surface area contributed by atoms with Gasteiger partial charge in [-0.05, 0) is 45.4 Å². The monoisotopic (exact) mass is 280 g/mol. The Bertz CT molecular complexity index is 493. The lowest BCUT2D eigenvalue weighted by atomic mass is 9.95. The van der Waals surface area contributed by atoms with Gasteiger partial charge in [-0.2, -0.15) is 4.98 Å². The number of hydrogen-bond donors (Lipinski definition) is 1. The van der Waals surface area contributed by atoms with Gasteiger partial charge in [0.25, 0.3) is 0 Å². The van der Waals surface area contributed by atoms with Gasteiger partial charge in [0.05, 0.1) is 5.92 Å². The van der Waals surface area contributed by atoms with Crippen molar-refractivity contribution in [2.75, 3.05) is 6.61 Å². The molecule has 0 spiro atoms. The van der Waals surface area contributed by atoms with Crippen LogP contribution in [0.2, 0.25) is 0 Å². The molecule has 0 bridgehead atoms. The van der Waals surface area contributed by atoms with Gasteiger partial charge >= 0.3 is 5.97 Å². The summed E-state index contributed by atoms with van der Waals surface area (Å²) in [4.78, 5) is 15.5. The van der Waals surface area contributed by atoms with Gasteiger partial charge in [-0.15, -0.1) is 0 Å². The fourth-order valence-corrected chi connectivity index (χ4v) is 3.16. The summed E-state index contributed by atoms with van der Waals surface area (Å²) in [5.74, 6) is 0.237. The highest BCUT2D eigenvalue weighted by atomic mass is 16.5. The van der Waals surface area contributed by atoms with Crippen LogP contribution in [0.1, 0.15) is 63.1 Å². The smallest absolute Gasteiger partial charge is 0.306 e. The molecule has 1 aliphatic heterocycles. The quantitative estimate of drug-likeness (QED) is 0.915. The zero-order valence-corrected chi connectivity index (χ0v) is 11.7. The third kappa shape index (κ3) is 2.44. The summed E-state index contributed by atoms with van der Waals surface area (Å²) < 4.78 is 11.2. The number of aromatic nitrogens is 2. The minimum atomic E-state index is -0.727. The molecule has 1 aromatic heterocycles. The van der Waals surface area contributed by atoms with Crippen molar-refractivity contribution in [1.29, 1.82) is 0 Å². The lowest BCUT2D eigenvalue weighted by molar-refractivity contribution is -0.141. The van der Waals surface area contributed by atoms with Crippen LogP contribution in [0.15, 0.2) is 4.52 Å². The van der Waals surface area contributed by atoms with Crippen LogP contribution in [0.25, 0.3) is 0 Å². The Labute approximate surface area is 117 Å². The summed E-state index contributed by atoms with van der Waals surface area (Å²) in [5, 5.41) is 13.1. The molecular weight excluding hydrogens is 260 g/mol. The van der Waals surface area contributed by atoms with Gasteiger partial charge in [0.15, 0.2) is 0 Å². The van der Waals surface area contributed by atoms with Crippen molar-refractivity contribution in [3.8, 4) is 0 Å². The van der Waals surface area contributed by atoms with Crippen LogP contribution < -0.4 is 0 Å². The van der Waals surface area contributed by atoms with Crippen molar-refractivity contribution >= 4 is 5.97 Å². The molecule has 1 aliphatic carbocycles. The van der Waals surface area contributed by atoms with Crippen LogP contribution in [-0.4, -0.2) is 27.8 Å². The van der Waals surface area contributed by atoms with E-state index >= 15 is 0 Å². The van der Waals surface area contributed by atoms with E-state index in [0.29, 0.717) is 24.6 Å². The highest BCUT2D eigenvalue weighted by Gasteiger charge is 2.38. The van der Waals surface area contributed by atoms with E-state index in [-0.39, 0.29) is 11.8 Å². The van der Waals surface area contributed by atoms with Crippen molar-refractivity contribution in [2.45, 2.75) is 57.0 Å². The minimum absolute atomic E-state index is 0.0736. The summed E-state index contributed by atoms with van der Waals surface area (Å²) in [6.45, 7) is 2.72. The molecule has 20 heavy (non-hydrogen) atoms.